The molecule has 2 saturated heterocycles. The van der Waals surface area contributed by atoms with E-state index in [4.69, 9.17) is 16.6 Å². The van der Waals surface area contributed by atoms with Gasteiger partial charge in [-0.3, -0.25) is 4.99 Å². The van der Waals surface area contributed by atoms with Gasteiger partial charge in [-0.25, -0.2) is 4.98 Å². The van der Waals surface area contributed by atoms with Crippen molar-refractivity contribution in [2.45, 2.75) is 64.5 Å². The number of hydrogen-bond acceptors (Lipinski definition) is 4. The smallest absolute Gasteiger partial charge is 0.191 e. The minimum Gasteiger partial charge on any atom is -0.357 e. The van der Waals surface area contributed by atoms with Crippen LogP contribution in [0.25, 0.3) is 0 Å². The molecule has 2 unspecified atom stereocenters. The first kappa shape index (κ1) is 22.2. The van der Waals surface area contributed by atoms with E-state index in [2.05, 4.69) is 39.3 Å². The van der Waals surface area contributed by atoms with E-state index < -0.39 is 0 Å². The van der Waals surface area contributed by atoms with Crippen LogP contribution in [0, 0.1) is 0 Å². The number of guanidine groups is 1. The lowest BCUT2D eigenvalue weighted by atomic mass is 10.0. The fraction of sp³-hybridized carbons (Fsp3) is 0.727. The highest BCUT2D eigenvalue weighted by atomic mass is 35.5. The van der Waals surface area contributed by atoms with Crippen LogP contribution < -0.4 is 15.5 Å². The maximum atomic E-state index is 6.31. The third kappa shape index (κ3) is 6.75. The molecule has 3 rings (SSSR count). The van der Waals surface area contributed by atoms with Crippen molar-refractivity contribution in [3.63, 3.8) is 0 Å². The zero-order valence-corrected chi connectivity index (χ0v) is 18.8. The average molecular weight is 421 g/mol. The molecular formula is C22H37ClN6. The second-order valence-corrected chi connectivity index (χ2v) is 8.64. The summed E-state index contributed by atoms with van der Waals surface area (Å²) in [4.78, 5) is 14.1. The third-order valence-corrected chi connectivity index (χ3v) is 6.27. The molecule has 1 aromatic rings. The lowest BCUT2D eigenvalue weighted by Gasteiger charge is -2.33. The average Bonchev–Trinajstić information content (AvgIpc) is 3.17. The van der Waals surface area contributed by atoms with Crippen LogP contribution in [-0.4, -0.2) is 67.2 Å². The van der Waals surface area contributed by atoms with Crippen LogP contribution >= 0.6 is 11.6 Å². The minimum absolute atomic E-state index is 0.361. The summed E-state index contributed by atoms with van der Waals surface area (Å²) in [6.07, 6.45) is 9.34. The number of nitrogens with one attached hydrogen (secondary N) is 2. The maximum Gasteiger partial charge on any atom is 0.191 e. The van der Waals surface area contributed by atoms with Gasteiger partial charge in [0.15, 0.2) is 5.96 Å². The molecule has 6 nitrogen and oxygen atoms in total. The Morgan fingerprint density at radius 2 is 2.17 bits per heavy atom. The van der Waals surface area contributed by atoms with Gasteiger partial charge in [0.1, 0.15) is 5.82 Å². The molecule has 0 aromatic carbocycles. The standard InChI is InChI=1S/C22H37ClN6/c1-3-24-22(26-12-5-7-15-28-14-6-4-9-18(28)2)27-19-11-16-29(17-19)21-20(23)10-8-13-25-21/h8,10,13,18-19H,3-7,9,11-12,14-17H2,1-2H3,(H2,24,26,27). The Morgan fingerprint density at radius 1 is 1.28 bits per heavy atom. The number of anilines is 1. The van der Waals surface area contributed by atoms with Gasteiger partial charge in [-0.05, 0) is 71.2 Å². The molecule has 2 aliphatic rings. The van der Waals surface area contributed by atoms with Gasteiger partial charge >= 0.3 is 0 Å². The number of likely N-dealkylation sites (tertiary alicyclic amines) is 1. The molecular weight excluding hydrogens is 384 g/mol. The zero-order chi connectivity index (χ0) is 20.5. The molecule has 0 radical (unpaired) electrons. The van der Waals surface area contributed by atoms with Crippen molar-refractivity contribution < 1.29 is 0 Å². The van der Waals surface area contributed by atoms with Gasteiger partial charge in [-0.15, -0.1) is 0 Å². The molecule has 1 aromatic heterocycles. The Morgan fingerprint density at radius 3 is 2.97 bits per heavy atom. The summed E-state index contributed by atoms with van der Waals surface area (Å²) in [6.45, 7) is 10.6. The van der Waals surface area contributed by atoms with E-state index >= 15 is 0 Å². The molecule has 29 heavy (non-hydrogen) atoms. The van der Waals surface area contributed by atoms with Crippen LogP contribution in [0.1, 0.15) is 52.4 Å². The van der Waals surface area contributed by atoms with Crippen molar-refractivity contribution >= 4 is 23.4 Å². The van der Waals surface area contributed by atoms with Crippen LogP contribution in [0.15, 0.2) is 23.3 Å². The van der Waals surface area contributed by atoms with Crippen LogP contribution in [0.2, 0.25) is 5.02 Å². The first-order valence-electron chi connectivity index (χ1n) is 11.3. The van der Waals surface area contributed by atoms with E-state index in [1.165, 1.54) is 38.8 Å². The van der Waals surface area contributed by atoms with Crippen molar-refractivity contribution in [3.05, 3.63) is 23.4 Å². The molecule has 162 valence electrons. The second kappa shape index (κ2) is 11.6. The molecule has 0 aliphatic carbocycles. The Kier molecular flexibility index (Phi) is 8.87. The summed E-state index contributed by atoms with van der Waals surface area (Å²) in [5.74, 6) is 1.81. The van der Waals surface area contributed by atoms with Gasteiger partial charge in [0, 0.05) is 44.5 Å². The van der Waals surface area contributed by atoms with Crippen LogP contribution in [-0.2, 0) is 0 Å². The van der Waals surface area contributed by atoms with E-state index in [1.54, 1.807) is 6.20 Å². The predicted octanol–water partition coefficient (Wildman–Crippen LogP) is 3.52. The molecule has 0 amide bonds. The summed E-state index contributed by atoms with van der Waals surface area (Å²) in [7, 11) is 0. The van der Waals surface area contributed by atoms with Gasteiger partial charge in [0.25, 0.3) is 0 Å². The van der Waals surface area contributed by atoms with Gasteiger partial charge in [-0.1, -0.05) is 18.0 Å². The van der Waals surface area contributed by atoms with Crippen molar-refractivity contribution in [1.82, 2.24) is 20.5 Å². The number of piperidine rings is 1. The maximum absolute atomic E-state index is 6.31. The van der Waals surface area contributed by atoms with Crippen molar-refractivity contribution in [3.8, 4) is 0 Å². The van der Waals surface area contributed by atoms with Crippen LogP contribution in [0.3, 0.4) is 0 Å². The van der Waals surface area contributed by atoms with E-state index in [1.807, 2.05) is 12.1 Å². The Labute approximate surface area is 181 Å². The largest absolute Gasteiger partial charge is 0.357 e. The molecule has 2 fully saturated rings. The quantitative estimate of drug-likeness (QED) is 0.383. The van der Waals surface area contributed by atoms with E-state index in [9.17, 15) is 0 Å². The normalized spacial score (nSPS) is 23.4. The van der Waals surface area contributed by atoms with Crippen LogP contribution in [0.4, 0.5) is 5.82 Å². The fourth-order valence-corrected chi connectivity index (χ4v) is 4.54. The number of nitrogens with zero attached hydrogens (tertiary/aromatic N) is 4. The van der Waals surface area contributed by atoms with E-state index in [-0.39, 0.29) is 0 Å². The van der Waals surface area contributed by atoms with Crippen molar-refractivity contribution in [2.75, 3.05) is 44.2 Å². The third-order valence-electron chi connectivity index (χ3n) is 5.98. The number of pyridine rings is 1. The molecule has 7 heteroatoms. The number of halogens is 1. The molecule has 0 spiro atoms. The topological polar surface area (TPSA) is 55.8 Å². The summed E-state index contributed by atoms with van der Waals surface area (Å²) in [5, 5.41) is 7.71. The van der Waals surface area contributed by atoms with Crippen LogP contribution in [0.5, 0.6) is 0 Å². The summed E-state index contributed by atoms with van der Waals surface area (Å²) >= 11 is 6.31. The van der Waals surface area contributed by atoms with E-state index in [0.29, 0.717) is 6.04 Å². The lowest BCUT2D eigenvalue weighted by Crippen LogP contribution is -2.44. The Bertz CT molecular complexity index is 652. The van der Waals surface area contributed by atoms with Crippen molar-refractivity contribution in [1.29, 1.82) is 0 Å². The van der Waals surface area contributed by atoms with Crippen molar-refractivity contribution in [2.24, 2.45) is 4.99 Å². The summed E-state index contributed by atoms with van der Waals surface area (Å²) in [6, 6.07) is 4.89. The second-order valence-electron chi connectivity index (χ2n) is 8.23. The number of rotatable bonds is 8. The molecule has 0 bridgehead atoms. The first-order chi connectivity index (χ1) is 14.2. The number of unbranched alkanes of at least 4 members (excludes halogenated alkanes) is 1. The highest BCUT2D eigenvalue weighted by Crippen LogP contribution is 2.25. The summed E-state index contributed by atoms with van der Waals surface area (Å²) < 4.78 is 0. The number of aliphatic imine (C=N–C) groups is 1. The van der Waals surface area contributed by atoms with E-state index in [0.717, 1.165) is 61.9 Å². The number of aromatic nitrogens is 1. The minimum atomic E-state index is 0.361. The molecule has 3 heterocycles. The highest BCUT2D eigenvalue weighted by molar-refractivity contribution is 6.32. The van der Waals surface area contributed by atoms with Gasteiger partial charge in [0.05, 0.1) is 5.02 Å². The number of hydrogen-bond donors (Lipinski definition) is 2. The van der Waals surface area contributed by atoms with Gasteiger partial charge in [-0.2, -0.15) is 0 Å². The highest BCUT2D eigenvalue weighted by Gasteiger charge is 2.25. The van der Waals surface area contributed by atoms with Gasteiger partial charge in [0.2, 0.25) is 0 Å². The fourth-order valence-electron chi connectivity index (χ4n) is 4.30. The monoisotopic (exact) mass is 420 g/mol. The predicted molar refractivity (Wildman–Crippen MR) is 123 cm³/mol. The molecule has 0 saturated carbocycles. The Balaban J connectivity index is 1.41. The molecule has 2 atom stereocenters. The van der Waals surface area contributed by atoms with Gasteiger partial charge < -0.3 is 20.4 Å². The summed E-state index contributed by atoms with van der Waals surface area (Å²) in [5.41, 5.74) is 0. The Hall–Kier alpha value is -1.53. The lowest BCUT2D eigenvalue weighted by molar-refractivity contribution is 0.158. The molecule has 2 aliphatic heterocycles. The zero-order valence-electron chi connectivity index (χ0n) is 18.0. The molecule has 2 N–H and O–H groups in total. The SMILES string of the molecule is CCNC(=NCCCCN1CCCCC1C)NC1CCN(c2ncccc2Cl)C1. The first-order valence-corrected chi connectivity index (χ1v) is 11.7.